The quantitative estimate of drug-likeness (QED) is 0.287. The van der Waals surface area contributed by atoms with Crippen LogP contribution in [-0.4, -0.2) is 42.4 Å². The Bertz CT molecular complexity index is 1330. The predicted molar refractivity (Wildman–Crippen MR) is 141 cm³/mol. The van der Waals surface area contributed by atoms with Crippen molar-refractivity contribution in [2.24, 2.45) is 34.0 Å². The van der Waals surface area contributed by atoms with Gasteiger partial charge in [0.25, 0.3) is 10.0 Å². The van der Waals surface area contributed by atoms with Gasteiger partial charge in [-0.3, -0.25) is 0 Å². The number of aromatic nitrogens is 2. The largest absolute Gasteiger partial charge is 0.321 e. The minimum Gasteiger partial charge on any atom is -0.321 e. The van der Waals surface area contributed by atoms with E-state index >= 15 is 0 Å². The van der Waals surface area contributed by atoms with Crippen LogP contribution in [0.2, 0.25) is 0 Å². The number of imidazole rings is 1. The van der Waals surface area contributed by atoms with Crippen LogP contribution in [0, 0.1) is 35.3 Å². The minimum absolute atomic E-state index is 0.0604. The lowest BCUT2D eigenvalue weighted by molar-refractivity contribution is 0.0802. The summed E-state index contributed by atoms with van der Waals surface area (Å²) in [4.78, 5) is 4.16. The molecule has 3 rings (SSSR count). The number of benzene rings is 1. The smallest absolute Gasteiger partial charge is 0.260 e. The van der Waals surface area contributed by atoms with Crippen LogP contribution < -0.4 is 0 Å². The second kappa shape index (κ2) is 10.6. The zero-order valence-corrected chi connectivity index (χ0v) is 23.5. The van der Waals surface area contributed by atoms with E-state index in [9.17, 15) is 17.2 Å². The topological polar surface area (TPSA) is 79.9 Å². The third-order valence-electron chi connectivity index (χ3n) is 8.27. The van der Waals surface area contributed by atoms with E-state index in [-0.39, 0.29) is 33.0 Å². The van der Waals surface area contributed by atoms with E-state index in [1.165, 1.54) is 35.7 Å². The molecule has 2 unspecified atom stereocenters. The number of sulfonamides is 1. The molecule has 2 aromatic rings. The summed E-state index contributed by atoms with van der Waals surface area (Å²) < 4.78 is 59.2. The molecule has 0 bridgehead atoms. The lowest BCUT2D eigenvalue weighted by Crippen LogP contribution is -2.46. The van der Waals surface area contributed by atoms with Crippen molar-refractivity contribution in [2.75, 3.05) is 20.1 Å². The zero-order valence-electron chi connectivity index (χ0n) is 22.7. The second-order valence-electron chi connectivity index (χ2n) is 10.5. The fourth-order valence-electron chi connectivity index (χ4n) is 5.38. The van der Waals surface area contributed by atoms with Crippen LogP contribution in [0.25, 0.3) is 5.70 Å². The van der Waals surface area contributed by atoms with Crippen LogP contribution in [0.4, 0.5) is 8.78 Å². The molecular formula is C27H37F2N5O2S. The van der Waals surface area contributed by atoms with Crippen molar-refractivity contribution < 1.29 is 17.2 Å². The van der Waals surface area contributed by atoms with Crippen LogP contribution >= 0.6 is 0 Å². The van der Waals surface area contributed by atoms with Crippen LogP contribution in [0.3, 0.4) is 0 Å². The molecule has 0 spiro atoms. The van der Waals surface area contributed by atoms with Gasteiger partial charge in [-0.2, -0.15) is 14.5 Å². The van der Waals surface area contributed by atoms with Gasteiger partial charge >= 0.3 is 0 Å². The Morgan fingerprint density at radius 2 is 1.92 bits per heavy atom. The van der Waals surface area contributed by atoms with Crippen molar-refractivity contribution in [1.29, 1.82) is 0 Å². The lowest BCUT2D eigenvalue weighted by atomic mass is 9.64. The van der Waals surface area contributed by atoms with Crippen molar-refractivity contribution in [2.45, 2.75) is 52.5 Å². The van der Waals surface area contributed by atoms with Gasteiger partial charge in [-0.15, -0.1) is 0 Å². The van der Waals surface area contributed by atoms with Gasteiger partial charge in [-0.05, 0) is 60.3 Å². The molecule has 1 aromatic heterocycles. The van der Waals surface area contributed by atoms with Gasteiger partial charge in [0.2, 0.25) is 0 Å². The van der Waals surface area contributed by atoms with Gasteiger partial charge in [0.1, 0.15) is 17.5 Å². The van der Waals surface area contributed by atoms with Crippen molar-refractivity contribution in [3.8, 4) is 0 Å². The maximum absolute atomic E-state index is 14.5. The summed E-state index contributed by atoms with van der Waals surface area (Å²) in [6, 6.07) is 3.66. The number of nitrogens with zero attached hydrogens (tertiary/aromatic N) is 5. The zero-order chi connectivity index (χ0) is 27.8. The first-order valence-electron chi connectivity index (χ1n) is 12.3. The number of aryl methyl sites for hydroxylation is 1. The summed E-state index contributed by atoms with van der Waals surface area (Å²) in [6.07, 6.45) is 4.50. The summed E-state index contributed by atoms with van der Waals surface area (Å²) in [5.41, 5.74) is -0.277. The average molecular weight is 534 g/mol. The molecule has 1 saturated carbocycles. The van der Waals surface area contributed by atoms with Crippen LogP contribution in [0.15, 0.2) is 57.9 Å². The summed E-state index contributed by atoms with van der Waals surface area (Å²) in [6.45, 7) is 14.8. The van der Waals surface area contributed by atoms with Crippen LogP contribution in [0.1, 0.15) is 51.9 Å². The standard InChI is InChI=1S/C27H37F2N5O2S/c1-9-34(37(35,36)24-16-31-19(3)33(24)8)17-27(6)14-13-20(26(27,4)5)18(2)15-23(32-30-7)25-21(28)11-10-12-22(25)29/h10-12,15-16,20H,2,9,13-14,17H2,1,3-8H3/b23-15-,32-30?. The molecule has 1 fully saturated rings. The van der Waals surface area contributed by atoms with Crippen LogP contribution in [-0.2, 0) is 17.1 Å². The third kappa shape index (κ3) is 5.18. The summed E-state index contributed by atoms with van der Waals surface area (Å²) in [5, 5.41) is 7.92. The molecule has 0 aliphatic heterocycles. The third-order valence-corrected chi connectivity index (χ3v) is 10.2. The van der Waals surface area contributed by atoms with Gasteiger partial charge in [-0.1, -0.05) is 40.3 Å². The first-order valence-corrected chi connectivity index (χ1v) is 13.8. The molecule has 0 N–H and O–H groups in total. The van der Waals surface area contributed by atoms with Gasteiger partial charge in [-0.25, -0.2) is 22.2 Å². The number of hydrogen-bond donors (Lipinski definition) is 0. The van der Waals surface area contributed by atoms with E-state index in [0.29, 0.717) is 24.5 Å². The molecule has 0 saturated heterocycles. The highest BCUT2D eigenvalue weighted by atomic mass is 32.2. The molecule has 1 aliphatic rings. The minimum atomic E-state index is -3.76. The Morgan fingerprint density at radius 3 is 2.43 bits per heavy atom. The molecule has 0 radical (unpaired) electrons. The normalized spacial score (nSPS) is 22.3. The number of allylic oxidation sites excluding steroid dienone is 2. The summed E-state index contributed by atoms with van der Waals surface area (Å²) in [7, 11) is -0.623. The van der Waals surface area contributed by atoms with E-state index in [2.05, 4.69) is 42.6 Å². The number of halogens is 2. The molecule has 0 amide bonds. The number of rotatable bonds is 9. The predicted octanol–water partition coefficient (Wildman–Crippen LogP) is 6.14. The van der Waals surface area contributed by atoms with Crippen molar-refractivity contribution >= 4 is 15.7 Å². The molecule has 1 aromatic carbocycles. The molecule has 1 heterocycles. The first-order chi connectivity index (χ1) is 17.2. The Labute approximate surface area is 219 Å². The lowest BCUT2D eigenvalue weighted by Gasteiger charge is -2.44. The van der Waals surface area contributed by atoms with Gasteiger partial charge < -0.3 is 4.57 Å². The Balaban J connectivity index is 1.93. The van der Waals surface area contributed by atoms with Crippen molar-refractivity contribution in [3.63, 3.8) is 0 Å². The monoisotopic (exact) mass is 533 g/mol. The van der Waals surface area contributed by atoms with E-state index < -0.39 is 21.7 Å². The van der Waals surface area contributed by atoms with E-state index in [4.69, 9.17) is 0 Å². The second-order valence-corrected chi connectivity index (χ2v) is 12.4. The highest BCUT2D eigenvalue weighted by molar-refractivity contribution is 7.89. The SMILES string of the molecule is C=C(/C=C(\N=NC)c1c(F)cccc1F)C1CCC(C)(CN(CC)S(=O)(=O)c2cnc(C)n2C)C1(C)C. The number of hydrogen-bond acceptors (Lipinski definition) is 5. The van der Waals surface area contributed by atoms with Gasteiger partial charge in [0.05, 0.1) is 17.5 Å². The highest BCUT2D eigenvalue weighted by Crippen LogP contribution is 2.58. The molecule has 1 aliphatic carbocycles. The number of azo groups is 1. The maximum Gasteiger partial charge on any atom is 0.260 e. The Kier molecular flexibility index (Phi) is 8.24. The summed E-state index contributed by atoms with van der Waals surface area (Å²) >= 11 is 0. The fourth-order valence-corrected chi connectivity index (χ4v) is 7.11. The molecule has 2 atom stereocenters. The van der Waals surface area contributed by atoms with Crippen molar-refractivity contribution in [1.82, 2.24) is 13.9 Å². The average Bonchev–Trinajstić information content (AvgIpc) is 3.27. The fraction of sp³-hybridized carbons (Fsp3) is 0.519. The maximum atomic E-state index is 14.5. The molecular weight excluding hydrogens is 496 g/mol. The van der Waals surface area contributed by atoms with E-state index in [0.717, 1.165) is 12.8 Å². The van der Waals surface area contributed by atoms with Crippen molar-refractivity contribution in [3.05, 3.63) is 65.6 Å². The Morgan fingerprint density at radius 1 is 1.30 bits per heavy atom. The summed E-state index contributed by atoms with van der Waals surface area (Å²) in [5.74, 6) is -0.890. The van der Waals surface area contributed by atoms with Gasteiger partial charge in [0.15, 0.2) is 5.03 Å². The van der Waals surface area contributed by atoms with Gasteiger partial charge in [0, 0.05) is 27.2 Å². The molecule has 7 nitrogen and oxygen atoms in total. The molecule has 202 valence electrons. The van der Waals surface area contributed by atoms with Crippen LogP contribution in [0.5, 0.6) is 0 Å². The first kappa shape index (κ1) is 28.8. The molecule has 10 heteroatoms. The molecule has 37 heavy (non-hydrogen) atoms. The Hall–Kier alpha value is -2.72. The highest BCUT2D eigenvalue weighted by Gasteiger charge is 2.53. The van der Waals surface area contributed by atoms with E-state index in [1.54, 1.807) is 24.6 Å². The van der Waals surface area contributed by atoms with E-state index in [1.807, 2.05) is 6.92 Å².